The van der Waals surface area contributed by atoms with Crippen molar-refractivity contribution in [3.8, 4) is 0 Å². The van der Waals surface area contributed by atoms with Gasteiger partial charge in [-0.05, 0) is 0 Å². The van der Waals surface area contributed by atoms with E-state index in [1.165, 1.54) is 26.0 Å². The second kappa shape index (κ2) is 7.79. The zero-order valence-electron chi connectivity index (χ0n) is 12.7. The molecule has 0 atom stereocenters. The zero-order valence-corrected chi connectivity index (χ0v) is 12.7. The predicted octanol–water partition coefficient (Wildman–Crippen LogP) is -2.95. The number of nitrogens with zero attached hydrogens (tertiary/aromatic N) is 1. The summed E-state index contributed by atoms with van der Waals surface area (Å²) in [6.45, 7) is 2.06. The molecule has 1 aliphatic rings. The first-order chi connectivity index (χ1) is 10.0. The number of urea groups is 1. The molecule has 0 aliphatic carbocycles. The average Bonchev–Trinajstić information content (AvgIpc) is 2.63. The topological polar surface area (TPSA) is 115 Å². The standard InChI is InChI=1S/C12H24N6O3/c1-13-9(19)12(10(20)14-2)8-17-5-4-16-6-7-18(12)11(21)15-3/h16-17H,4-8H2,1-3H3,(H,13,19)(H,14,20)(H,15,21). The molecule has 0 spiro atoms. The molecule has 21 heavy (non-hydrogen) atoms. The van der Waals surface area contributed by atoms with Crippen molar-refractivity contribution in [3.63, 3.8) is 0 Å². The summed E-state index contributed by atoms with van der Waals surface area (Å²) >= 11 is 0. The van der Waals surface area contributed by atoms with E-state index in [1.54, 1.807) is 0 Å². The fraction of sp³-hybridized carbons (Fsp3) is 0.750. The summed E-state index contributed by atoms with van der Waals surface area (Å²) in [5.41, 5.74) is -1.63. The fourth-order valence-electron chi connectivity index (χ4n) is 2.38. The summed E-state index contributed by atoms with van der Waals surface area (Å²) in [5, 5.41) is 13.7. The zero-order chi connectivity index (χ0) is 15.9. The highest BCUT2D eigenvalue weighted by Gasteiger charge is 2.52. The lowest BCUT2D eigenvalue weighted by atomic mass is 9.94. The van der Waals surface area contributed by atoms with Crippen LogP contribution in [0.3, 0.4) is 0 Å². The number of nitrogens with one attached hydrogen (secondary N) is 5. The van der Waals surface area contributed by atoms with Crippen molar-refractivity contribution in [1.82, 2.24) is 31.5 Å². The number of likely N-dealkylation sites (N-methyl/N-ethyl adjacent to an activating group) is 2. The van der Waals surface area contributed by atoms with Gasteiger partial charge in [0, 0.05) is 53.9 Å². The van der Waals surface area contributed by atoms with Crippen LogP contribution in [0.4, 0.5) is 4.79 Å². The van der Waals surface area contributed by atoms with Gasteiger partial charge in [-0.15, -0.1) is 0 Å². The van der Waals surface area contributed by atoms with Crippen molar-refractivity contribution in [2.45, 2.75) is 5.54 Å². The van der Waals surface area contributed by atoms with Crippen LogP contribution in [0.2, 0.25) is 0 Å². The van der Waals surface area contributed by atoms with E-state index in [4.69, 9.17) is 0 Å². The summed E-state index contributed by atoms with van der Waals surface area (Å²) in [6.07, 6.45) is 0. The van der Waals surface area contributed by atoms with Gasteiger partial charge < -0.3 is 26.6 Å². The van der Waals surface area contributed by atoms with E-state index in [2.05, 4.69) is 26.6 Å². The van der Waals surface area contributed by atoms with E-state index in [0.717, 1.165) is 0 Å². The van der Waals surface area contributed by atoms with Crippen molar-refractivity contribution in [2.24, 2.45) is 0 Å². The van der Waals surface area contributed by atoms with Gasteiger partial charge in [-0.1, -0.05) is 0 Å². The minimum Gasteiger partial charge on any atom is -0.357 e. The van der Waals surface area contributed by atoms with Crippen molar-refractivity contribution in [3.05, 3.63) is 0 Å². The Morgan fingerprint density at radius 1 is 0.905 bits per heavy atom. The van der Waals surface area contributed by atoms with Crippen LogP contribution in [-0.4, -0.2) is 82.2 Å². The number of carbonyl (C=O) groups excluding carboxylic acids is 3. The maximum Gasteiger partial charge on any atom is 0.318 e. The Labute approximate surface area is 124 Å². The first-order valence-electron chi connectivity index (χ1n) is 6.89. The summed E-state index contributed by atoms with van der Waals surface area (Å²) in [5.74, 6) is -1.06. The molecular weight excluding hydrogens is 276 g/mol. The van der Waals surface area contributed by atoms with Crippen LogP contribution < -0.4 is 26.6 Å². The van der Waals surface area contributed by atoms with Crippen LogP contribution in [0.1, 0.15) is 0 Å². The van der Waals surface area contributed by atoms with Gasteiger partial charge in [-0.2, -0.15) is 0 Å². The van der Waals surface area contributed by atoms with Gasteiger partial charge in [0.25, 0.3) is 11.8 Å². The number of hydrogen-bond acceptors (Lipinski definition) is 5. The van der Waals surface area contributed by atoms with Gasteiger partial charge in [-0.25, -0.2) is 4.79 Å². The first-order valence-corrected chi connectivity index (χ1v) is 6.89. The molecule has 5 N–H and O–H groups in total. The smallest absolute Gasteiger partial charge is 0.318 e. The number of carbonyl (C=O) groups is 3. The van der Waals surface area contributed by atoms with Gasteiger partial charge in [0.05, 0.1) is 0 Å². The Kier molecular flexibility index (Phi) is 6.38. The van der Waals surface area contributed by atoms with Crippen molar-refractivity contribution < 1.29 is 14.4 Å². The third-order valence-corrected chi connectivity index (χ3v) is 3.50. The van der Waals surface area contributed by atoms with Crippen LogP contribution in [-0.2, 0) is 9.59 Å². The minimum absolute atomic E-state index is 0.0431. The van der Waals surface area contributed by atoms with E-state index in [0.29, 0.717) is 19.6 Å². The second-order valence-electron chi connectivity index (χ2n) is 4.65. The largest absolute Gasteiger partial charge is 0.357 e. The normalized spacial score (nSPS) is 18.7. The molecule has 0 radical (unpaired) electrons. The lowest BCUT2D eigenvalue weighted by Crippen LogP contribution is -2.72. The first kappa shape index (κ1) is 17.2. The number of rotatable bonds is 2. The predicted molar refractivity (Wildman–Crippen MR) is 77.8 cm³/mol. The van der Waals surface area contributed by atoms with E-state index >= 15 is 0 Å². The SMILES string of the molecule is CNC(=O)N1CCNCCNCC1(C(=O)NC)C(=O)NC. The molecule has 0 unspecified atom stereocenters. The molecular formula is C12H24N6O3. The monoisotopic (exact) mass is 300 g/mol. The molecule has 1 heterocycles. The van der Waals surface area contributed by atoms with Crippen LogP contribution in [0.25, 0.3) is 0 Å². The molecule has 120 valence electrons. The van der Waals surface area contributed by atoms with Gasteiger partial charge in [0.2, 0.25) is 5.54 Å². The second-order valence-corrected chi connectivity index (χ2v) is 4.65. The molecule has 1 aliphatic heterocycles. The van der Waals surface area contributed by atoms with Crippen molar-refractivity contribution in [1.29, 1.82) is 0 Å². The maximum atomic E-state index is 12.4. The quantitative estimate of drug-likeness (QED) is 0.350. The molecule has 9 nitrogen and oxygen atoms in total. The third kappa shape index (κ3) is 3.42. The number of amides is 4. The molecule has 0 aromatic rings. The van der Waals surface area contributed by atoms with Crippen LogP contribution >= 0.6 is 0 Å². The Hall–Kier alpha value is -1.87. The van der Waals surface area contributed by atoms with Crippen molar-refractivity contribution >= 4 is 17.8 Å². The minimum atomic E-state index is -1.63. The number of hydrogen-bond donors (Lipinski definition) is 5. The molecule has 1 rings (SSSR count). The van der Waals surface area contributed by atoms with E-state index in [1.807, 2.05) is 0 Å². The maximum absolute atomic E-state index is 12.4. The summed E-state index contributed by atoms with van der Waals surface area (Å²) in [7, 11) is 4.36. The lowest BCUT2D eigenvalue weighted by molar-refractivity contribution is -0.143. The molecule has 0 saturated carbocycles. The molecule has 1 saturated heterocycles. The third-order valence-electron chi connectivity index (χ3n) is 3.50. The molecule has 0 bridgehead atoms. The molecule has 0 aromatic carbocycles. The van der Waals surface area contributed by atoms with Gasteiger partial charge in [-0.3, -0.25) is 14.5 Å². The average molecular weight is 300 g/mol. The Morgan fingerprint density at radius 2 is 1.48 bits per heavy atom. The Morgan fingerprint density at radius 3 is 2.00 bits per heavy atom. The molecule has 1 fully saturated rings. The highest BCUT2D eigenvalue weighted by Crippen LogP contribution is 2.17. The fourth-order valence-corrected chi connectivity index (χ4v) is 2.38. The highest BCUT2D eigenvalue weighted by atomic mass is 16.2. The molecule has 0 aromatic heterocycles. The summed E-state index contributed by atoms with van der Waals surface area (Å²) in [6, 6.07) is -0.479. The van der Waals surface area contributed by atoms with Crippen LogP contribution in [0.15, 0.2) is 0 Å². The lowest BCUT2D eigenvalue weighted by Gasteiger charge is -2.40. The molecule has 9 heteroatoms. The van der Waals surface area contributed by atoms with Crippen LogP contribution in [0.5, 0.6) is 0 Å². The van der Waals surface area contributed by atoms with Gasteiger partial charge in [0.15, 0.2) is 0 Å². The summed E-state index contributed by atoms with van der Waals surface area (Å²) in [4.78, 5) is 38.3. The van der Waals surface area contributed by atoms with E-state index in [-0.39, 0.29) is 13.1 Å². The highest BCUT2D eigenvalue weighted by molar-refractivity contribution is 6.12. The molecule has 4 amide bonds. The van der Waals surface area contributed by atoms with E-state index in [9.17, 15) is 14.4 Å². The van der Waals surface area contributed by atoms with Gasteiger partial charge >= 0.3 is 6.03 Å². The van der Waals surface area contributed by atoms with Crippen molar-refractivity contribution in [2.75, 3.05) is 53.9 Å². The Bertz CT molecular complexity index is 384. The summed E-state index contributed by atoms with van der Waals surface area (Å²) < 4.78 is 0. The Balaban J connectivity index is 3.32. The van der Waals surface area contributed by atoms with E-state index < -0.39 is 23.4 Å². The van der Waals surface area contributed by atoms with Gasteiger partial charge in [0.1, 0.15) is 0 Å². The van der Waals surface area contributed by atoms with Crippen LogP contribution in [0, 0.1) is 0 Å².